The number of carbonyl (C=O) groups excluding carboxylic acids is 1. The summed E-state index contributed by atoms with van der Waals surface area (Å²) in [5, 5.41) is 0. The van der Waals surface area contributed by atoms with Crippen molar-refractivity contribution in [3.63, 3.8) is 0 Å². The van der Waals surface area contributed by atoms with Crippen molar-refractivity contribution in [2.24, 2.45) is 0 Å². The van der Waals surface area contributed by atoms with E-state index in [0.29, 0.717) is 17.8 Å². The van der Waals surface area contributed by atoms with E-state index in [-0.39, 0.29) is 5.78 Å². The van der Waals surface area contributed by atoms with Crippen LogP contribution in [0.1, 0.15) is 29.3 Å². The quantitative estimate of drug-likeness (QED) is 0.675. The molecule has 0 fully saturated rings. The second-order valence-corrected chi connectivity index (χ2v) is 2.66. The van der Waals surface area contributed by atoms with E-state index in [1.165, 1.54) is 0 Å². The van der Waals surface area contributed by atoms with Crippen molar-refractivity contribution < 1.29 is 4.79 Å². The highest BCUT2D eigenvalue weighted by atomic mass is 16.1. The van der Waals surface area contributed by atoms with Crippen LogP contribution in [0.3, 0.4) is 0 Å². The molecular weight excluding hydrogens is 152 g/mol. The number of nitrogen functional groups attached to an aromatic ring is 1. The number of rotatable bonds is 2. The molecule has 12 heavy (non-hydrogen) atoms. The van der Waals surface area contributed by atoms with Crippen LogP contribution in [-0.4, -0.2) is 10.8 Å². The van der Waals surface area contributed by atoms with Gasteiger partial charge >= 0.3 is 0 Å². The summed E-state index contributed by atoms with van der Waals surface area (Å²) in [5.41, 5.74) is 7.03. The van der Waals surface area contributed by atoms with Gasteiger partial charge in [-0.3, -0.25) is 4.79 Å². The third kappa shape index (κ3) is 1.44. The maximum Gasteiger partial charge on any atom is 0.166 e. The maximum absolute atomic E-state index is 11.3. The molecule has 0 spiro atoms. The van der Waals surface area contributed by atoms with E-state index in [9.17, 15) is 4.79 Å². The smallest absolute Gasteiger partial charge is 0.166 e. The van der Waals surface area contributed by atoms with Crippen LogP contribution in [0.5, 0.6) is 0 Å². The van der Waals surface area contributed by atoms with Gasteiger partial charge in [-0.15, -0.1) is 0 Å². The lowest BCUT2D eigenvalue weighted by Crippen LogP contribution is -2.06. The summed E-state index contributed by atoms with van der Waals surface area (Å²) >= 11 is 0. The van der Waals surface area contributed by atoms with Crippen molar-refractivity contribution in [3.8, 4) is 0 Å². The maximum atomic E-state index is 11.3. The molecule has 0 aliphatic rings. The molecule has 1 rings (SSSR count). The molecule has 1 aromatic heterocycles. The first-order chi connectivity index (χ1) is 5.66. The molecule has 1 aromatic rings. The molecule has 64 valence electrons. The van der Waals surface area contributed by atoms with Gasteiger partial charge in [-0.25, -0.2) is 4.98 Å². The Labute approximate surface area is 71.6 Å². The van der Waals surface area contributed by atoms with Crippen LogP contribution in [0, 0.1) is 6.92 Å². The number of anilines is 1. The molecule has 0 saturated carbocycles. The average Bonchev–Trinajstić information content (AvgIpc) is 2.03. The summed E-state index contributed by atoms with van der Waals surface area (Å²) in [4.78, 5) is 15.2. The number of hydrogen-bond donors (Lipinski definition) is 1. The largest absolute Gasteiger partial charge is 0.383 e. The van der Waals surface area contributed by atoms with E-state index in [2.05, 4.69) is 4.98 Å². The Balaban J connectivity index is 3.21. The average molecular weight is 164 g/mol. The monoisotopic (exact) mass is 164 g/mol. The van der Waals surface area contributed by atoms with Crippen LogP contribution in [-0.2, 0) is 0 Å². The van der Waals surface area contributed by atoms with E-state index in [1.807, 2.05) is 13.8 Å². The van der Waals surface area contributed by atoms with E-state index >= 15 is 0 Å². The summed E-state index contributed by atoms with van der Waals surface area (Å²) in [5.74, 6) is 0.389. The second-order valence-electron chi connectivity index (χ2n) is 2.66. The Hall–Kier alpha value is -1.38. The number of Topliss-reactive ketones (excluding diaryl/α,β-unsaturated/α-hetero) is 1. The SMILES string of the molecule is CCC(=O)c1c(C)ccnc1N. The zero-order valence-electron chi connectivity index (χ0n) is 7.29. The molecule has 0 atom stereocenters. The van der Waals surface area contributed by atoms with Gasteiger partial charge in [0.15, 0.2) is 5.78 Å². The Bertz CT molecular complexity index is 287. The standard InChI is InChI=1S/C9H12N2O/c1-3-7(12)8-6(2)4-5-11-9(8)10/h4-5H,3H2,1-2H3,(H2,10,11). The third-order valence-corrected chi connectivity index (χ3v) is 1.79. The van der Waals surface area contributed by atoms with Crippen LogP contribution >= 0.6 is 0 Å². The van der Waals surface area contributed by atoms with E-state index in [4.69, 9.17) is 5.73 Å². The normalized spacial score (nSPS) is 9.83. The highest BCUT2D eigenvalue weighted by Gasteiger charge is 2.10. The number of carbonyl (C=O) groups is 1. The predicted molar refractivity (Wildman–Crippen MR) is 48.0 cm³/mol. The Kier molecular flexibility index (Phi) is 2.43. The second kappa shape index (κ2) is 3.34. The van der Waals surface area contributed by atoms with Crippen LogP contribution in [0.15, 0.2) is 12.3 Å². The zero-order chi connectivity index (χ0) is 9.14. The summed E-state index contributed by atoms with van der Waals surface area (Å²) in [6.45, 7) is 3.68. The lowest BCUT2D eigenvalue weighted by Gasteiger charge is -2.04. The van der Waals surface area contributed by atoms with Gasteiger partial charge in [0.2, 0.25) is 0 Å². The first kappa shape index (κ1) is 8.71. The molecule has 0 amide bonds. The lowest BCUT2D eigenvalue weighted by atomic mass is 10.1. The molecule has 3 nitrogen and oxygen atoms in total. The summed E-state index contributed by atoms with van der Waals surface area (Å²) in [6, 6.07) is 1.79. The highest BCUT2D eigenvalue weighted by Crippen LogP contribution is 2.14. The summed E-state index contributed by atoms with van der Waals surface area (Å²) in [7, 11) is 0. The van der Waals surface area contributed by atoms with Crippen molar-refractivity contribution in [2.75, 3.05) is 5.73 Å². The fourth-order valence-corrected chi connectivity index (χ4v) is 1.12. The van der Waals surface area contributed by atoms with Gasteiger partial charge in [0.1, 0.15) is 5.82 Å². The van der Waals surface area contributed by atoms with Crippen molar-refractivity contribution in [3.05, 3.63) is 23.4 Å². The van der Waals surface area contributed by atoms with Gasteiger partial charge < -0.3 is 5.73 Å². The first-order valence-electron chi connectivity index (χ1n) is 3.91. The summed E-state index contributed by atoms with van der Waals surface area (Å²) in [6.07, 6.45) is 2.08. The van der Waals surface area contributed by atoms with Gasteiger partial charge in [0.25, 0.3) is 0 Å². The number of ketones is 1. The molecule has 0 radical (unpaired) electrons. The minimum Gasteiger partial charge on any atom is -0.383 e. The molecule has 3 heteroatoms. The Morgan fingerprint density at radius 2 is 2.33 bits per heavy atom. The number of nitrogens with zero attached hydrogens (tertiary/aromatic N) is 1. The third-order valence-electron chi connectivity index (χ3n) is 1.79. The number of aryl methyl sites for hydroxylation is 1. The van der Waals surface area contributed by atoms with Crippen molar-refractivity contribution in [1.82, 2.24) is 4.98 Å². The molecule has 0 aliphatic heterocycles. The van der Waals surface area contributed by atoms with Crippen molar-refractivity contribution in [2.45, 2.75) is 20.3 Å². The van der Waals surface area contributed by atoms with Crippen LogP contribution < -0.4 is 5.73 Å². The van der Waals surface area contributed by atoms with E-state index in [1.54, 1.807) is 12.3 Å². The van der Waals surface area contributed by atoms with Crippen LogP contribution in [0.25, 0.3) is 0 Å². The molecule has 0 bridgehead atoms. The van der Waals surface area contributed by atoms with Crippen molar-refractivity contribution in [1.29, 1.82) is 0 Å². The van der Waals surface area contributed by atoms with Crippen LogP contribution in [0.2, 0.25) is 0 Å². The minimum atomic E-state index is 0.0538. The molecular formula is C9H12N2O. The van der Waals surface area contributed by atoms with Gasteiger partial charge in [0.05, 0.1) is 5.56 Å². The number of hydrogen-bond acceptors (Lipinski definition) is 3. The number of pyridine rings is 1. The highest BCUT2D eigenvalue weighted by molar-refractivity contribution is 6.01. The van der Waals surface area contributed by atoms with Gasteiger partial charge in [-0.05, 0) is 18.6 Å². The lowest BCUT2D eigenvalue weighted by molar-refractivity contribution is 0.0988. The van der Waals surface area contributed by atoms with Crippen molar-refractivity contribution >= 4 is 11.6 Å². The Morgan fingerprint density at radius 3 is 2.83 bits per heavy atom. The predicted octanol–water partition coefficient (Wildman–Crippen LogP) is 1.56. The topological polar surface area (TPSA) is 56.0 Å². The summed E-state index contributed by atoms with van der Waals surface area (Å²) < 4.78 is 0. The van der Waals surface area contributed by atoms with E-state index < -0.39 is 0 Å². The molecule has 1 heterocycles. The van der Waals surface area contributed by atoms with Gasteiger partial charge in [-0.1, -0.05) is 6.92 Å². The number of nitrogens with two attached hydrogens (primary N) is 1. The minimum absolute atomic E-state index is 0.0538. The molecule has 0 aliphatic carbocycles. The first-order valence-corrected chi connectivity index (χ1v) is 3.91. The fraction of sp³-hybridized carbons (Fsp3) is 0.333. The fourth-order valence-electron chi connectivity index (χ4n) is 1.12. The molecule has 0 saturated heterocycles. The molecule has 2 N–H and O–H groups in total. The van der Waals surface area contributed by atoms with Gasteiger partial charge in [-0.2, -0.15) is 0 Å². The van der Waals surface area contributed by atoms with Gasteiger partial charge in [0, 0.05) is 12.6 Å². The number of aromatic nitrogens is 1. The van der Waals surface area contributed by atoms with E-state index in [0.717, 1.165) is 5.56 Å². The molecule has 0 aromatic carbocycles. The van der Waals surface area contributed by atoms with Crippen LogP contribution in [0.4, 0.5) is 5.82 Å². The Morgan fingerprint density at radius 1 is 1.67 bits per heavy atom. The molecule has 0 unspecified atom stereocenters. The zero-order valence-corrected chi connectivity index (χ0v) is 7.29.